The second-order valence-corrected chi connectivity index (χ2v) is 11.2. The van der Waals surface area contributed by atoms with Gasteiger partial charge in [-0.25, -0.2) is 0 Å². The molecule has 1 saturated carbocycles. The third-order valence-electron chi connectivity index (χ3n) is 8.26. The predicted octanol–water partition coefficient (Wildman–Crippen LogP) is 9.59. The highest BCUT2D eigenvalue weighted by Gasteiger charge is 2.36. The zero-order valence-electron chi connectivity index (χ0n) is 23.4. The topological polar surface area (TPSA) is 53.2 Å². The van der Waals surface area contributed by atoms with E-state index >= 15 is 0 Å². The molecule has 0 radical (unpaired) electrons. The van der Waals surface area contributed by atoms with Crippen LogP contribution in [0.25, 0.3) is 11.1 Å². The number of hydrogen-bond donors (Lipinski definition) is 1. The fourth-order valence-electron chi connectivity index (χ4n) is 6.04. The van der Waals surface area contributed by atoms with E-state index in [0.717, 1.165) is 57.1 Å². The Morgan fingerprint density at radius 2 is 1.57 bits per heavy atom. The Hall–Kier alpha value is -2.31. The zero-order valence-corrected chi connectivity index (χ0v) is 23.4. The Bertz CT molecular complexity index is 930. The van der Waals surface area contributed by atoms with Crippen molar-refractivity contribution in [3.8, 4) is 22.9 Å². The summed E-state index contributed by atoms with van der Waals surface area (Å²) in [6, 6.07) is 20.2. The molecule has 3 unspecified atom stereocenters. The highest BCUT2D eigenvalue weighted by atomic mass is 16.5. The molecule has 1 fully saturated rings. The first-order valence-electron chi connectivity index (χ1n) is 15.0. The predicted molar refractivity (Wildman–Crippen MR) is 155 cm³/mol. The molecule has 3 heteroatoms. The Morgan fingerprint density at radius 1 is 0.892 bits per heavy atom. The minimum atomic E-state index is -0.130. The van der Waals surface area contributed by atoms with Crippen LogP contribution in [0.2, 0.25) is 0 Å². The van der Waals surface area contributed by atoms with Crippen LogP contribution < -0.4 is 4.74 Å². The van der Waals surface area contributed by atoms with Gasteiger partial charge in [0.1, 0.15) is 5.75 Å². The molecule has 1 aliphatic rings. The van der Waals surface area contributed by atoms with Crippen LogP contribution in [0.5, 0.6) is 5.75 Å². The second-order valence-electron chi connectivity index (χ2n) is 11.2. The number of aliphatic hydroxyl groups is 1. The van der Waals surface area contributed by atoms with Crippen molar-refractivity contribution in [2.45, 2.75) is 122 Å². The Morgan fingerprint density at radius 3 is 2.22 bits per heavy atom. The van der Waals surface area contributed by atoms with E-state index in [-0.39, 0.29) is 18.1 Å². The van der Waals surface area contributed by atoms with E-state index in [4.69, 9.17) is 9.84 Å². The molecule has 0 amide bonds. The van der Waals surface area contributed by atoms with Crippen molar-refractivity contribution < 1.29 is 9.84 Å². The molecule has 0 heterocycles. The lowest BCUT2D eigenvalue weighted by Gasteiger charge is -2.36. The second kappa shape index (κ2) is 15.8. The number of nitrogens with zero attached hydrogens (tertiary/aromatic N) is 1. The molecule has 2 aromatic rings. The minimum Gasteiger partial charge on any atom is -0.490 e. The van der Waals surface area contributed by atoms with E-state index in [0.29, 0.717) is 5.92 Å². The van der Waals surface area contributed by atoms with E-state index in [1.807, 2.05) is 0 Å². The maximum atomic E-state index is 10.1. The smallest absolute Gasteiger partial charge is 0.119 e. The number of aliphatic hydroxyl groups excluding tert-OH is 1. The number of rotatable bonds is 16. The first-order chi connectivity index (χ1) is 18.1. The summed E-state index contributed by atoms with van der Waals surface area (Å²) in [6.07, 6.45) is 17.2. The molecule has 0 aliphatic heterocycles. The van der Waals surface area contributed by atoms with Gasteiger partial charge < -0.3 is 9.84 Å². The molecule has 0 aromatic heterocycles. The molecule has 3 atom stereocenters. The summed E-state index contributed by atoms with van der Waals surface area (Å²) >= 11 is 0. The van der Waals surface area contributed by atoms with E-state index in [2.05, 4.69) is 68.4 Å². The molecule has 3 rings (SSSR count). The fourth-order valence-corrected chi connectivity index (χ4v) is 6.04. The van der Waals surface area contributed by atoms with Gasteiger partial charge in [-0.15, -0.1) is 0 Å². The van der Waals surface area contributed by atoms with Crippen molar-refractivity contribution in [3.05, 3.63) is 54.1 Å². The summed E-state index contributed by atoms with van der Waals surface area (Å²) < 4.78 is 6.19. The number of ether oxygens (including phenoxy) is 1. The van der Waals surface area contributed by atoms with Crippen LogP contribution in [0.15, 0.2) is 48.5 Å². The van der Waals surface area contributed by atoms with Crippen LogP contribution in [-0.2, 0) is 0 Å². The van der Waals surface area contributed by atoms with Crippen molar-refractivity contribution >= 4 is 0 Å². The zero-order chi connectivity index (χ0) is 26.3. The summed E-state index contributed by atoms with van der Waals surface area (Å²) in [4.78, 5) is 0. The third kappa shape index (κ3) is 9.19. The molecule has 202 valence electrons. The minimum absolute atomic E-state index is 0.130. The van der Waals surface area contributed by atoms with Crippen LogP contribution in [0.1, 0.15) is 122 Å². The monoisotopic (exact) mass is 503 g/mol. The van der Waals surface area contributed by atoms with Gasteiger partial charge in [0.15, 0.2) is 0 Å². The van der Waals surface area contributed by atoms with Crippen LogP contribution in [0.4, 0.5) is 0 Å². The lowest BCUT2D eigenvalue weighted by molar-refractivity contribution is 0.163. The van der Waals surface area contributed by atoms with Crippen molar-refractivity contribution in [1.82, 2.24) is 0 Å². The van der Waals surface area contributed by atoms with Crippen LogP contribution >= 0.6 is 0 Å². The summed E-state index contributed by atoms with van der Waals surface area (Å²) in [7, 11) is 0. The summed E-state index contributed by atoms with van der Waals surface area (Å²) in [5, 5.41) is 19.3. The normalized spacial score (nSPS) is 20.3. The van der Waals surface area contributed by atoms with Gasteiger partial charge in [-0.3, -0.25) is 0 Å². The van der Waals surface area contributed by atoms with Gasteiger partial charge in [0, 0.05) is 6.61 Å². The molecule has 37 heavy (non-hydrogen) atoms. The lowest BCUT2D eigenvalue weighted by Crippen LogP contribution is -2.26. The van der Waals surface area contributed by atoms with Crippen LogP contribution in [-0.4, -0.2) is 17.8 Å². The average Bonchev–Trinajstić information content (AvgIpc) is 2.94. The SMILES string of the molecule is CCCCCCCCC1(C#N)CCCC(c2ccc(-c3ccc(OC(CCC)CCCO)cc3)cc2)C1. The van der Waals surface area contributed by atoms with Gasteiger partial charge in [-0.05, 0) is 79.7 Å². The van der Waals surface area contributed by atoms with Crippen molar-refractivity contribution in [2.24, 2.45) is 5.41 Å². The van der Waals surface area contributed by atoms with Crippen molar-refractivity contribution in [1.29, 1.82) is 5.26 Å². The Labute approximate surface area is 226 Å². The van der Waals surface area contributed by atoms with Crippen molar-refractivity contribution in [2.75, 3.05) is 6.61 Å². The standard InChI is InChI=1S/C34H49NO2/c1-3-5-6-7-8-9-23-34(27-35)24-10-13-31(26-34)30-17-15-28(16-18-30)29-19-21-33(22-20-29)37-32(12-4-2)14-11-25-36/h15-22,31-32,36H,3-14,23-26H2,1-2H3. The molecule has 0 spiro atoms. The molecule has 0 bridgehead atoms. The summed E-state index contributed by atoms with van der Waals surface area (Å²) in [5.74, 6) is 1.39. The van der Waals surface area contributed by atoms with E-state index < -0.39 is 0 Å². The van der Waals surface area contributed by atoms with Gasteiger partial charge in [0.05, 0.1) is 17.6 Å². The fraction of sp³-hybridized carbons (Fsp3) is 0.618. The number of benzene rings is 2. The van der Waals surface area contributed by atoms with Gasteiger partial charge in [-0.1, -0.05) is 102 Å². The summed E-state index contributed by atoms with van der Waals surface area (Å²) in [5.41, 5.74) is 3.67. The Balaban J connectivity index is 1.57. The lowest BCUT2D eigenvalue weighted by atomic mass is 9.66. The summed E-state index contributed by atoms with van der Waals surface area (Å²) in [6.45, 7) is 4.65. The molecular weight excluding hydrogens is 454 g/mol. The van der Waals surface area contributed by atoms with Gasteiger partial charge >= 0.3 is 0 Å². The first-order valence-corrected chi connectivity index (χ1v) is 15.0. The van der Waals surface area contributed by atoms with Crippen LogP contribution in [0, 0.1) is 16.7 Å². The van der Waals surface area contributed by atoms with E-state index in [1.54, 1.807) is 0 Å². The average molecular weight is 504 g/mol. The number of nitriles is 1. The van der Waals surface area contributed by atoms with Crippen molar-refractivity contribution in [3.63, 3.8) is 0 Å². The molecule has 1 aliphatic carbocycles. The highest BCUT2D eigenvalue weighted by Crippen LogP contribution is 2.47. The first kappa shape index (κ1) is 29.2. The molecule has 2 aromatic carbocycles. The largest absolute Gasteiger partial charge is 0.490 e. The number of unbranched alkanes of at least 4 members (excludes halogenated alkanes) is 5. The number of hydrogen-bond acceptors (Lipinski definition) is 3. The van der Waals surface area contributed by atoms with Gasteiger partial charge in [0.2, 0.25) is 0 Å². The highest BCUT2D eigenvalue weighted by molar-refractivity contribution is 5.64. The molecule has 0 saturated heterocycles. The molecule has 1 N–H and O–H groups in total. The van der Waals surface area contributed by atoms with E-state index in [1.165, 1.54) is 61.6 Å². The van der Waals surface area contributed by atoms with Gasteiger partial charge in [-0.2, -0.15) is 5.26 Å². The van der Waals surface area contributed by atoms with Gasteiger partial charge in [0.25, 0.3) is 0 Å². The molecular formula is C34H49NO2. The quantitative estimate of drug-likeness (QED) is 0.232. The maximum Gasteiger partial charge on any atom is 0.119 e. The Kier molecular flexibility index (Phi) is 12.5. The maximum absolute atomic E-state index is 10.1. The van der Waals surface area contributed by atoms with E-state index in [9.17, 15) is 5.26 Å². The molecule has 3 nitrogen and oxygen atoms in total. The van der Waals surface area contributed by atoms with Crippen LogP contribution in [0.3, 0.4) is 0 Å². The third-order valence-corrected chi connectivity index (χ3v) is 8.26.